The summed E-state index contributed by atoms with van der Waals surface area (Å²) < 4.78 is 5.15. The van der Waals surface area contributed by atoms with E-state index in [0.717, 1.165) is 19.6 Å². The van der Waals surface area contributed by atoms with Gasteiger partial charge < -0.3 is 14.6 Å². The normalized spacial score (nSPS) is 29.1. The molecule has 1 amide bonds. The fourth-order valence-corrected chi connectivity index (χ4v) is 2.77. The molecule has 0 aliphatic carbocycles. The van der Waals surface area contributed by atoms with E-state index in [0.29, 0.717) is 17.7 Å². The average molecular weight is 220 g/mol. The third-order valence-electron chi connectivity index (χ3n) is 3.62. The smallest absolute Gasteiger partial charge is 0.289 e. The summed E-state index contributed by atoms with van der Waals surface area (Å²) in [6.07, 6.45) is 4.01. The second kappa shape index (κ2) is 3.94. The third-order valence-corrected chi connectivity index (χ3v) is 3.62. The molecule has 3 rings (SSSR count). The molecule has 1 aromatic rings. The van der Waals surface area contributed by atoms with Gasteiger partial charge in [-0.1, -0.05) is 0 Å². The Labute approximate surface area is 94.6 Å². The molecule has 16 heavy (non-hydrogen) atoms. The first kappa shape index (κ1) is 9.90. The van der Waals surface area contributed by atoms with Crippen LogP contribution < -0.4 is 5.32 Å². The van der Waals surface area contributed by atoms with Crippen molar-refractivity contribution in [2.45, 2.75) is 18.9 Å². The van der Waals surface area contributed by atoms with E-state index in [1.807, 2.05) is 4.90 Å². The Kier molecular flexibility index (Phi) is 2.44. The number of nitrogens with zero attached hydrogens (tertiary/aromatic N) is 1. The third kappa shape index (κ3) is 1.63. The molecule has 2 fully saturated rings. The minimum atomic E-state index is 0.0289. The number of hydrogen-bond acceptors (Lipinski definition) is 3. The van der Waals surface area contributed by atoms with Gasteiger partial charge in [0.05, 0.1) is 6.26 Å². The van der Waals surface area contributed by atoms with Crippen LogP contribution >= 0.6 is 0 Å². The number of carbonyl (C=O) groups excluding carboxylic acids is 1. The molecule has 4 nitrogen and oxygen atoms in total. The van der Waals surface area contributed by atoms with Crippen LogP contribution in [0.1, 0.15) is 23.4 Å². The molecule has 2 saturated heterocycles. The van der Waals surface area contributed by atoms with Crippen LogP contribution in [0.25, 0.3) is 0 Å². The Hall–Kier alpha value is -1.29. The Balaban J connectivity index is 1.71. The second-order valence-electron chi connectivity index (χ2n) is 4.65. The molecule has 0 saturated carbocycles. The van der Waals surface area contributed by atoms with Crippen molar-refractivity contribution < 1.29 is 9.21 Å². The van der Waals surface area contributed by atoms with Crippen LogP contribution in [-0.2, 0) is 0 Å². The van der Waals surface area contributed by atoms with Crippen LogP contribution in [0.2, 0.25) is 0 Å². The van der Waals surface area contributed by atoms with E-state index in [4.69, 9.17) is 4.42 Å². The number of furan rings is 1. The number of rotatable bonds is 1. The van der Waals surface area contributed by atoms with Crippen LogP contribution in [0, 0.1) is 5.92 Å². The van der Waals surface area contributed by atoms with Crippen LogP contribution in [0.3, 0.4) is 0 Å². The SMILES string of the molecule is O=C(c1ccco1)N1C[C@@H]2CCCN[C@@H]2C1. The quantitative estimate of drug-likeness (QED) is 0.771. The first-order valence-electron chi connectivity index (χ1n) is 5.91. The summed E-state index contributed by atoms with van der Waals surface area (Å²) in [5.74, 6) is 1.12. The lowest BCUT2D eigenvalue weighted by atomic mass is 9.94. The molecule has 4 heteroatoms. The van der Waals surface area contributed by atoms with Crippen molar-refractivity contribution in [2.75, 3.05) is 19.6 Å². The maximum Gasteiger partial charge on any atom is 0.289 e. The van der Waals surface area contributed by atoms with Gasteiger partial charge in [0.15, 0.2) is 5.76 Å². The lowest BCUT2D eigenvalue weighted by Crippen LogP contribution is -2.41. The van der Waals surface area contributed by atoms with E-state index in [9.17, 15) is 4.79 Å². The van der Waals surface area contributed by atoms with Crippen LogP contribution in [0.15, 0.2) is 22.8 Å². The molecule has 0 unspecified atom stereocenters. The summed E-state index contributed by atoms with van der Waals surface area (Å²) in [6, 6.07) is 3.99. The molecular formula is C12H16N2O2. The standard InChI is InChI=1S/C12H16N2O2/c15-12(11-4-2-6-16-11)14-7-9-3-1-5-13-10(9)8-14/h2,4,6,9-10,13H,1,3,5,7-8H2/t9-,10+/m0/s1. The summed E-state index contributed by atoms with van der Waals surface area (Å²) >= 11 is 0. The predicted octanol–water partition coefficient (Wildman–Crippen LogP) is 1.10. The van der Waals surface area contributed by atoms with Gasteiger partial charge in [-0.25, -0.2) is 0 Å². The zero-order valence-corrected chi connectivity index (χ0v) is 9.19. The minimum Gasteiger partial charge on any atom is -0.459 e. The van der Waals surface area contributed by atoms with Gasteiger partial charge in [0, 0.05) is 19.1 Å². The van der Waals surface area contributed by atoms with Gasteiger partial charge in [-0.05, 0) is 37.4 Å². The fourth-order valence-electron chi connectivity index (χ4n) is 2.77. The Bertz CT molecular complexity index is 360. The molecular weight excluding hydrogens is 204 g/mol. The highest BCUT2D eigenvalue weighted by Gasteiger charge is 2.37. The van der Waals surface area contributed by atoms with Gasteiger partial charge in [0.2, 0.25) is 0 Å². The van der Waals surface area contributed by atoms with Gasteiger partial charge >= 0.3 is 0 Å². The molecule has 0 radical (unpaired) electrons. The molecule has 2 aliphatic rings. The van der Waals surface area contributed by atoms with E-state index in [1.54, 1.807) is 18.4 Å². The Morgan fingerprint density at radius 3 is 3.19 bits per heavy atom. The molecule has 0 spiro atoms. The Morgan fingerprint density at radius 2 is 2.44 bits per heavy atom. The van der Waals surface area contributed by atoms with Crippen molar-refractivity contribution in [1.82, 2.24) is 10.2 Å². The van der Waals surface area contributed by atoms with E-state index in [2.05, 4.69) is 5.32 Å². The maximum absolute atomic E-state index is 12.1. The molecule has 0 aromatic carbocycles. The molecule has 2 atom stereocenters. The highest BCUT2D eigenvalue weighted by molar-refractivity contribution is 5.91. The zero-order chi connectivity index (χ0) is 11.0. The van der Waals surface area contributed by atoms with Crippen molar-refractivity contribution in [3.63, 3.8) is 0 Å². The minimum absolute atomic E-state index is 0.0289. The van der Waals surface area contributed by atoms with Crippen molar-refractivity contribution in [1.29, 1.82) is 0 Å². The maximum atomic E-state index is 12.1. The number of carbonyl (C=O) groups is 1. The largest absolute Gasteiger partial charge is 0.459 e. The average Bonchev–Trinajstić information content (AvgIpc) is 2.97. The van der Waals surface area contributed by atoms with Gasteiger partial charge in [-0.15, -0.1) is 0 Å². The number of amides is 1. The molecule has 3 heterocycles. The number of likely N-dealkylation sites (tertiary alicyclic amines) is 1. The summed E-state index contributed by atoms with van der Waals surface area (Å²) in [6.45, 7) is 2.78. The lowest BCUT2D eigenvalue weighted by Gasteiger charge is -2.24. The highest BCUT2D eigenvalue weighted by atomic mass is 16.3. The summed E-state index contributed by atoms with van der Waals surface area (Å²) in [7, 11) is 0. The first-order valence-corrected chi connectivity index (χ1v) is 5.91. The van der Waals surface area contributed by atoms with Crippen LogP contribution in [-0.4, -0.2) is 36.5 Å². The van der Waals surface area contributed by atoms with Crippen molar-refractivity contribution in [2.24, 2.45) is 5.92 Å². The zero-order valence-electron chi connectivity index (χ0n) is 9.19. The van der Waals surface area contributed by atoms with E-state index < -0.39 is 0 Å². The van der Waals surface area contributed by atoms with Crippen molar-refractivity contribution in [3.05, 3.63) is 24.2 Å². The molecule has 1 N–H and O–H groups in total. The van der Waals surface area contributed by atoms with E-state index in [1.165, 1.54) is 12.8 Å². The topological polar surface area (TPSA) is 45.5 Å². The van der Waals surface area contributed by atoms with Gasteiger partial charge in [-0.2, -0.15) is 0 Å². The van der Waals surface area contributed by atoms with Crippen molar-refractivity contribution >= 4 is 5.91 Å². The van der Waals surface area contributed by atoms with Gasteiger partial charge in [0.1, 0.15) is 0 Å². The monoisotopic (exact) mass is 220 g/mol. The number of hydrogen-bond donors (Lipinski definition) is 1. The van der Waals surface area contributed by atoms with Crippen LogP contribution in [0.5, 0.6) is 0 Å². The summed E-state index contributed by atoms with van der Waals surface area (Å²) in [5.41, 5.74) is 0. The first-order chi connectivity index (χ1) is 7.84. The second-order valence-corrected chi connectivity index (χ2v) is 4.65. The van der Waals surface area contributed by atoms with Gasteiger partial charge in [0.25, 0.3) is 5.91 Å². The summed E-state index contributed by atoms with van der Waals surface area (Å²) in [4.78, 5) is 14.0. The molecule has 1 aromatic heterocycles. The fraction of sp³-hybridized carbons (Fsp3) is 0.583. The number of nitrogens with one attached hydrogen (secondary N) is 1. The van der Waals surface area contributed by atoms with Crippen molar-refractivity contribution in [3.8, 4) is 0 Å². The number of fused-ring (bicyclic) bond motifs is 1. The molecule has 2 aliphatic heterocycles. The van der Waals surface area contributed by atoms with E-state index >= 15 is 0 Å². The van der Waals surface area contributed by atoms with E-state index in [-0.39, 0.29) is 5.91 Å². The predicted molar refractivity (Wildman–Crippen MR) is 59.1 cm³/mol. The number of piperidine rings is 1. The highest BCUT2D eigenvalue weighted by Crippen LogP contribution is 2.25. The van der Waals surface area contributed by atoms with Crippen LogP contribution in [0.4, 0.5) is 0 Å². The molecule has 86 valence electrons. The molecule has 0 bridgehead atoms. The lowest BCUT2D eigenvalue weighted by molar-refractivity contribution is 0.0754. The Morgan fingerprint density at radius 1 is 1.50 bits per heavy atom. The summed E-state index contributed by atoms with van der Waals surface area (Å²) in [5, 5.41) is 3.49. The van der Waals surface area contributed by atoms with Gasteiger partial charge in [-0.3, -0.25) is 4.79 Å².